The molecular formula is C14H16ClN3S. The van der Waals surface area contributed by atoms with Crippen LogP contribution in [0.4, 0.5) is 0 Å². The summed E-state index contributed by atoms with van der Waals surface area (Å²) in [5.41, 5.74) is 1.20. The smallest absolute Gasteiger partial charge is 0.192 e. The van der Waals surface area contributed by atoms with E-state index in [1.165, 1.54) is 17.3 Å². The molecule has 100 valence electrons. The van der Waals surface area contributed by atoms with Crippen LogP contribution in [-0.4, -0.2) is 16.0 Å². The first-order valence-corrected chi connectivity index (χ1v) is 7.31. The van der Waals surface area contributed by atoms with Crippen molar-refractivity contribution >= 4 is 23.4 Å². The third-order valence-corrected chi connectivity index (χ3v) is 3.70. The van der Waals surface area contributed by atoms with E-state index in [1.54, 1.807) is 12.4 Å². The van der Waals surface area contributed by atoms with E-state index in [2.05, 4.69) is 29.1 Å². The molecule has 2 rings (SSSR count). The third-order valence-electron chi connectivity index (χ3n) is 2.47. The average Bonchev–Trinajstić information content (AvgIpc) is 2.39. The second kappa shape index (κ2) is 6.89. The summed E-state index contributed by atoms with van der Waals surface area (Å²) in [6.45, 7) is 5.07. The Labute approximate surface area is 122 Å². The maximum absolute atomic E-state index is 6.07. The molecule has 0 atom stereocenters. The lowest BCUT2D eigenvalue weighted by molar-refractivity contribution is 0.584. The number of hydrogen-bond donors (Lipinski definition) is 1. The summed E-state index contributed by atoms with van der Waals surface area (Å²) >= 11 is 7.60. The summed E-state index contributed by atoms with van der Waals surface area (Å²) in [4.78, 5) is 9.55. The molecule has 2 aromatic rings. The van der Waals surface area contributed by atoms with E-state index in [1.807, 2.05) is 24.3 Å². The Kier molecular flexibility index (Phi) is 5.19. The van der Waals surface area contributed by atoms with Crippen molar-refractivity contribution in [1.82, 2.24) is 15.3 Å². The van der Waals surface area contributed by atoms with E-state index in [4.69, 9.17) is 11.6 Å². The fourth-order valence-electron chi connectivity index (χ4n) is 1.52. The SMILES string of the molecule is CC(C)NCc1ccc(Cl)cc1Sc1ncccn1. The number of rotatable bonds is 5. The molecular weight excluding hydrogens is 278 g/mol. The van der Waals surface area contributed by atoms with Crippen molar-refractivity contribution in [2.45, 2.75) is 36.5 Å². The van der Waals surface area contributed by atoms with E-state index in [-0.39, 0.29) is 0 Å². The highest BCUT2D eigenvalue weighted by atomic mass is 35.5. The van der Waals surface area contributed by atoms with Gasteiger partial charge in [-0.2, -0.15) is 0 Å². The maximum Gasteiger partial charge on any atom is 0.192 e. The number of halogens is 1. The van der Waals surface area contributed by atoms with E-state index < -0.39 is 0 Å². The van der Waals surface area contributed by atoms with Crippen LogP contribution < -0.4 is 5.32 Å². The fraction of sp³-hybridized carbons (Fsp3) is 0.286. The number of nitrogens with one attached hydrogen (secondary N) is 1. The van der Waals surface area contributed by atoms with Gasteiger partial charge in [0.15, 0.2) is 5.16 Å². The highest BCUT2D eigenvalue weighted by Gasteiger charge is 2.07. The molecule has 19 heavy (non-hydrogen) atoms. The predicted octanol–water partition coefficient (Wildman–Crippen LogP) is 3.78. The van der Waals surface area contributed by atoms with Gasteiger partial charge in [-0.15, -0.1) is 0 Å². The van der Waals surface area contributed by atoms with Gasteiger partial charge in [-0.3, -0.25) is 0 Å². The summed E-state index contributed by atoms with van der Waals surface area (Å²) in [5.74, 6) is 0. The highest BCUT2D eigenvalue weighted by molar-refractivity contribution is 7.99. The Balaban J connectivity index is 2.19. The van der Waals surface area contributed by atoms with Crippen molar-refractivity contribution in [3.8, 4) is 0 Å². The summed E-state index contributed by atoms with van der Waals surface area (Å²) in [7, 11) is 0. The van der Waals surface area contributed by atoms with Crippen LogP contribution in [0.3, 0.4) is 0 Å². The number of nitrogens with zero attached hydrogens (tertiary/aromatic N) is 2. The molecule has 1 aromatic carbocycles. The molecule has 5 heteroatoms. The molecule has 0 spiro atoms. The Hall–Kier alpha value is -1.10. The highest BCUT2D eigenvalue weighted by Crippen LogP contribution is 2.30. The molecule has 1 aromatic heterocycles. The molecule has 0 radical (unpaired) electrons. The Morgan fingerprint density at radius 2 is 2.00 bits per heavy atom. The van der Waals surface area contributed by atoms with Gasteiger partial charge in [-0.25, -0.2) is 9.97 Å². The van der Waals surface area contributed by atoms with Gasteiger partial charge < -0.3 is 5.32 Å². The minimum absolute atomic E-state index is 0.446. The molecule has 0 saturated heterocycles. The lowest BCUT2D eigenvalue weighted by Crippen LogP contribution is -2.22. The van der Waals surface area contributed by atoms with Crippen LogP contribution in [0, 0.1) is 0 Å². The topological polar surface area (TPSA) is 37.8 Å². The summed E-state index contributed by atoms with van der Waals surface area (Å²) in [6.07, 6.45) is 3.48. The third kappa shape index (κ3) is 4.49. The van der Waals surface area contributed by atoms with Crippen LogP contribution in [-0.2, 0) is 6.54 Å². The molecule has 0 bridgehead atoms. The van der Waals surface area contributed by atoms with E-state index in [0.717, 1.165) is 21.6 Å². The molecule has 0 unspecified atom stereocenters. The van der Waals surface area contributed by atoms with Gasteiger partial charge in [-0.05, 0) is 35.5 Å². The fourth-order valence-corrected chi connectivity index (χ4v) is 2.64. The van der Waals surface area contributed by atoms with E-state index in [9.17, 15) is 0 Å². The summed E-state index contributed by atoms with van der Waals surface area (Å²) in [6, 6.07) is 8.17. The first kappa shape index (κ1) is 14.3. The lowest BCUT2D eigenvalue weighted by Gasteiger charge is -2.12. The first-order valence-electron chi connectivity index (χ1n) is 6.12. The Bertz CT molecular complexity index is 531. The van der Waals surface area contributed by atoms with Gasteiger partial charge in [0.1, 0.15) is 0 Å². The Morgan fingerprint density at radius 3 is 2.68 bits per heavy atom. The van der Waals surface area contributed by atoms with Gasteiger partial charge in [0, 0.05) is 34.9 Å². The van der Waals surface area contributed by atoms with Crippen LogP contribution in [0.2, 0.25) is 5.02 Å². The van der Waals surface area contributed by atoms with E-state index >= 15 is 0 Å². The van der Waals surface area contributed by atoms with Crippen LogP contribution >= 0.6 is 23.4 Å². The zero-order valence-electron chi connectivity index (χ0n) is 10.9. The first-order chi connectivity index (χ1) is 9.15. The zero-order valence-corrected chi connectivity index (χ0v) is 12.5. The van der Waals surface area contributed by atoms with Gasteiger partial charge in [0.25, 0.3) is 0 Å². The summed E-state index contributed by atoms with van der Waals surface area (Å²) in [5, 5.41) is 4.87. The molecule has 1 N–H and O–H groups in total. The van der Waals surface area contributed by atoms with Crippen molar-refractivity contribution in [2.24, 2.45) is 0 Å². The molecule has 3 nitrogen and oxygen atoms in total. The van der Waals surface area contributed by atoms with Crippen LogP contribution in [0.5, 0.6) is 0 Å². The largest absolute Gasteiger partial charge is 0.310 e. The van der Waals surface area contributed by atoms with Gasteiger partial charge in [-0.1, -0.05) is 31.5 Å². The van der Waals surface area contributed by atoms with Crippen molar-refractivity contribution in [2.75, 3.05) is 0 Å². The molecule has 0 aliphatic rings. The molecule has 0 saturated carbocycles. The number of aromatic nitrogens is 2. The van der Waals surface area contributed by atoms with Gasteiger partial charge >= 0.3 is 0 Å². The molecule has 0 fully saturated rings. The normalized spacial score (nSPS) is 10.9. The van der Waals surface area contributed by atoms with Crippen LogP contribution in [0.25, 0.3) is 0 Å². The molecule has 1 heterocycles. The maximum atomic E-state index is 6.07. The minimum atomic E-state index is 0.446. The lowest BCUT2D eigenvalue weighted by atomic mass is 10.2. The van der Waals surface area contributed by atoms with Crippen LogP contribution in [0.15, 0.2) is 46.7 Å². The predicted molar refractivity (Wildman–Crippen MR) is 79.6 cm³/mol. The minimum Gasteiger partial charge on any atom is -0.310 e. The monoisotopic (exact) mass is 293 g/mol. The molecule has 0 aliphatic heterocycles. The molecule has 0 amide bonds. The van der Waals surface area contributed by atoms with Crippen molar-refractivity contribution in [1.29, 1.82) is 0 Å². The van der Waals surface area contributed by atoms with E-state index in [0.29, 0.717) is 6.04 Å². The van der Waals surface area contributed by atoms with Crippen molar-refractivity contribution in [3.63, 3.8) is 0 Å². The van der Waals surface area contributed by atoms with Gasteiger partial charge in [0.05, 0.1) is 0 Å². The standard InChI is InChI=1S/C14H16ClN3S/c1-10(2)18-9-11-4-5-12(15)8-13(11)19-14-16-6-3-7-17-14/h3-8,10,18H,9H2,1-2H3. The second-order valence-electron chi connectivity index (χ2n) is 4.42. The zero-order chi connectivity index (χ0) is 13.7. The quantitative estimate of drug-likeness (QED) is 0.852. The molecule has 0 aliphatic carbocycles. The van der Waals surface area contributed by atoms with Crippen LogP contribution in [0.1, 0.15) is 19.4 Å². The number of benzene rings is 1. The van der Waals surface area contributed by atoms with Gasteiger partial charge in [0.2, 0.25) is 0 Å². The van der Waals surface area contributed by atoms with Crippen molar-refractivity contribution in [3.05, 3.63) is 47.2 Å². The Morgan fingerprint density at radius 1 is 1.26 bits per heavy atom. The second-order valence-corrected chi connectivity index (χ2v) is 5.87. The van der Waals surface area contributed by atoms with Crippen molar-refractivity contribution < 1.29 is 0 Å². The average molecular weight is 294 g/mol. The number of hydrogen-bond acceptors (Lipinski definition) is 4. The summed E-state index contributed by atoms with van der Waals surface area (Å²) < 4.78 is 0.